The highest BCUT2D eigenvalue weighted by Crippen LogP contribution is 2.31. The monoisotopic (exact) mass is 263 g/mol. The number of aryl methyl sites for hydroxylation is 1. The molecule has 2 aromatic rings. The number of anilines is 2. The van der Waals surface area contributed by atoms with E-state index in [-0.39, 0.29) is 0 Å². The maximum absolute atomic E-state index is 8.92. The number of rotatable bonds is 2. The van der Waals surface area contributed by atoms with Gasteiger partial charge < -0.3 is 10.6 Å². The van der Waals surface area contributed by atoms with Gasteiger partial charge in [-0.15, -0.1) is 0 Å². The summed E-state index contributed by atoms with van der Waals surface area (Å²) in [6, 6.07) is 14.2. The third-order valence-electron chi connectivity index (χ3n) is 3.93. The second kappa shape index (κ2) is 4.90. The third kappa shape index (κ3) is 2.21. The van der Waals surface area contributed by atoms with Gasteiger partial charge in [0.15, 0.2) is 0 Å². The standard InChI is InChI=1S/C17H17N3/c1-12-8-13(10-18)2-3-15(12)11-20-7-6-14-9-16(19)4-5-17(14)20/h2-5,8-9H,6-7,11,19H2,1H3. The lowest BCUT2D eigenvalue weighted by atomic mass is 10.1. The van der Waals surface area contributed by atoms with E-state index in [2.05, 4.69) is 36.1 Å². The lowest BCUT2D eigenvalue weighted by Crippen LogP contribution is -2.20. The summed E-state index contributed by atoms with van der Waals surface area (Å²) in [6.45, 7) is 3.98. The smallest absolute Gasteiger partial charge is 0.0991 e. The van der Waals surface area contributed by atoms with Crippen LogP contribution in [0.3, 0.4) is 0 Å². The van der Waals surface area contributed by atoms with Crippen molar-refractivity contribution in [2.45, 2.75) is 19.9 Å². The normalized spacial score (nSPS) is 13.1. The molecule has 3 rings (SSSR count). The maximum Gasteiger partial charge on any atom is 0.0991 e. The highest BCUT2D eigenvalue weighted by molar-refractivity contribution is 5.63. The number of benzene rings is 2. The second-order valence-corrected chi connectivity index (χ2v) is 5.31. The molecule has 0 fully saturated rings. The van der Waals surface area contributed by atoms with E-state index in [1.165, 1.54) is 22.4 Å². The van der Waals surface area contributed by atoms with E-state index in [9.17, 15) is 0 Å². The van der Waals surface area contributed by atoms with E-state index < -0.39 is 0 Å². The zero-order valence-corrected chi connectivity index (χ0v) is 11.6. The van der Waals surface area contributed by atoms with Gasteiger partial charge in [-0.25, -0.2) is 0 Å². The van der Waals surface area contributed by atoms with Crippen LogP contribution in [0.1, 0.15) is 22.3 Å². The van der Waals surface area contributed by atoms with E-state index in [0.29, 0.717) is 0 Å². The van der Waals surface area contributed by atoms with Crippen LogP contribution in [0.25, 0.3) is 0 Å². The third-order valence-corrected chi connectivity index (χ3v) is 3.93. The Morgan fingerprint density at radius 2 is 2.10 bits per heavy atom. The highest BCUT2D eigenvalue weighted by atomic mass is 15.1. The summed E-state index contributed by atoms with van der Waals surface area (Å²) in [5, 5.41) is 8.92. The Labute approximate surface area is 119 Å². The summed E-state index contributed by atoms with van der Waals surface area (Å²) in [5.41, 5.74) is 12.4. The molecule has 1 aliphatic heterocycles. The van der Waals surface area contributed by atoms with Crippen molar-refractivity contribution in [3.05, 3.63) is 58.7 Å². The lowest BCUT2D eigenvalue weighted by molar-refractivity contribution is 0.831. The van der Waals surface area contributed by atoms with Gasteiger partial charge in [-0.05, 0) is 60.4 Å². The van der Waals surface area contributed by atoms with Crippen LogP contribution in [0.15, 0.2) is 36.4 Å². The molecule has 0 saturated heterocycles. The Kier molecular flexibility index (Phi) is 3.08. The molecule has 100 valence electrons. The molecule has 0 amide bonds. The van der Waals surface area contributed by atoms with Crippen molar-refractivity contribution in [3.8, 4) is 6.07 Å². The Balaban J connectivity index is 1.86. The van der Waals surface area contributed by atoms with Gasteiger partial charge in [0, 0.05) is 24.5 Å². The fourth-order valence-electron chi connectivity index (χ4n) is 2.80. The first-order chi connectivity index (χ1) is 9.67. The molecule has 0 saturated carbocycles. The van der Waals surface area contributed by atoms with Crippen molar-refractivity contribution in [1.82, 2.24) is 0 Å². The van der Waals surface area contributed by atoms with Gasteiger partial charge >= 0.3 is 0 Å². The molecule has 3 heteroatoms. The molecule has 2 aromatic carbocycles. The Bertz CT molecular complexity index is 698. The quantitative estimate of drug-likeness (QED) is 0.847. The zero-order chi connectivity index (χ0) is 14.1. The number of nitriles is 1. The summed E-state index contributed by atoms with van der Waals surface area (Å²) < 4.78 is 0. The summed E-state index contributed by atoms with van der Waals surface area (Å²) in [5.74, 6) is 0. The van der Waals surface area contributed by atoms with Crippen LogP contribution in [-0.2, 0) is 13.0 Å². The predicted octanol–water partition coefficient (Wildman–Crippen LogP) is 3.01. The first-order valence-electron chi connectivity index (χ1n) is 6.80. The van der Waals surface area contributed by atoms with Crippen LogP contribution in [0.2, 0.25) is 0 Å². The minimum Gasteiger partial charge on any atom is -0.399 e. The van der Waals surface area contributed by atoms with Crippen molar-refractivity contribution in [3.63, 3.8) is 0 Å². The van der Waals surface area contributed by atoms with Gasteiger partial charge in [-0.3, -0.25) is 0 Å². The van der Waals surface area contributed by atoms with Crippen molar-refractivity contribution >= 4 is 11.4 Å². The predicted molar refractivity (Wildman–Crippen MR) is 81.5 cm³/mol. The van der Waals surface area contributed by atoms with Gasteiger partial charge in [0.25, 0.3) is 0 Å². The van der Waals surface area contributed by atoms with Gasteiger partial charge in [0.1, 0.15) is 0 Å². The first kappa shape index (κ1) is 12.6. The van der Waals surface area contributed by atoms with E-state index in [1.807, 2.05) is 18.2 Å². The molecule has 2 N–H and O–H groups in total. The van der Waals surface area contributed by atoms with Crippen molar-refractivity contribution in [2.24, 2.45) is 0 Å². The topological polar surface area (TPSA) is 53.0 Å². The molecule has 0 unspecified atom stereocenters. The SMILES string of the molecule is Cc1cc(C#N)ccc1CN1CCc2cc(N)ccc21. The molecule has 3 nitrogen and oxygen atoms in total. The van der Waals surface area contributed by atoms with E-state index >= 15 is 0 Å². The van der Waals surface area contributed by atoms with Gasteiger partial charge in [0.2, 0.25) is 0 Å². The van der Waals surface area contributed by atoms with E-state index in [0.717, 1.165) is 30.8 Å². The lowest BCUT2D eigenvalue weighted by Gasteiger charge is -2.20. The first-order valence-corrected chi connectivity index (χ1v) is 6.80. The summed E-state index contributed by atoms with van der Waals surface area (Å²) in [6.07, 6.45) is 1.05. The van der Waals surface area contributed by atoms with Gasteiger partial charge in [-0.1, -0.05) is 6.07 Å². The minimum atomic E-state index is 0.723. The van der Waals surface area contributed by atoms with E-state index in [4.69, 9.17) is 11.0 Å². The summed E-state index contributed by atoms with van der Waals surface area (Å²) >= 11 is 0. The number of hydrogen-bond acceptors (Lipinski definition) is 3. The van der Waals surface area contributed by atoms with Crippen LogP contribution in [0, 0.1) is 18.3 Å². The molecule has 0 spiro atoms. The van der Waals surface area contributed by atoms with Crippen molar-refractivity contribution in [2.75, 3.05) is 17.2 Å². The van der Waals surface area contributed by atoms with Crippen LogP contribution in [0.5, 0.6) is 0 Å². The Morgan fingerprint density at radius 1 is 1.25 bits per heavy atom. The fourth-order valence-corrected chi connectivity index (χ4v) is 2.80. The molecule has 0 aliphatic carbocycles. The molecule has 0 radical (unpaired) electrons. The second-order valence-electron chi connectivity index (χ2n) is 5.31. The van der Waals surface area contributed by atoms with Crippen LogP contribution < -0.4 is 10.6 Å². The van der Waals surface area contributed by atoms with Crippen molar-refractivity contribution < 1.29 is 0 Å². The maximum atomic E-state index is 8.92. The molecule has 1 aliphatic rings. The largest absolute Gasteiger partial charge is 0.399 e. The molecule has 20 heavy (non-hydrogen) atoms. The molecular formula is C17H17N3. The van der Waals surface area contributed by atoms with Crippen molar-refractivity contribution in [1.29, 1.82) is 5.26 Å². The van der Waals surface area contributed by atoms with Crippen LogP contribution in [0.4, 0.5) is 11.4 Å². The molecule has 0 aromatic heterocycles. The number of fused-ring (bicyclic) bond motifs is 1. The average molecular weight is 263 g/mol. The number of nitrogen functional groups attached to an aromatic ring is 1. The minimum absolute atomic E-state index is 0.723. The molecule has 0 bridgehead atoms. The van der Waals surface area contributed by atoms with Gasteiger partial charge in [-0.2, -0.15) is 5.26 Å². The average Bonchev–Trinajstić information content (AvgIpc) is 2.83. The summed E-state index contributed by atoms with van der Waals surface area (Å²) in [7, 11) is 0. The number of hydrogen-bond donors (Lipinski definition) is 1. The molecule has 0 atom stereocenters. The molecule has 1 heterocycles. The fraction of sp³-hybridized carbons (Fsp3) is 0.235. The Morgan fingerprint density at radius 3 is 2.85 bits per heavy atom. The highest BCUT2D eigenvalue weighted by Gasteiger charge is 2.19. The van der Waals surface area contributed by atoms with Crippen LogP contribution >= 0.6 is 0 Å². The molecular weight excluding hydrogens is 246 g/mol. The zero-order valence-electron chi connectivity index (χ0n) is 11.6. The van der Waals surface area contributed by atoms with E-state index in [1.54, 1.807) is 0 Å². The number of nitrogens with zero attached hydrogens (tertiary/aromatic N) is 2. The summed E-state index contributed by atoms with van der Waals surface area (Å²) in [4.78, 5) is 2.38. The van der Waals surface area contributed by atoms with Gasteiger partial charge in [0.05, 0.1) is 11.6 Å². The Hall–Kier alpha value is -2.47. The van der Waals surface area contributed by atoms with Crippen LogP contribution in [-0.4, -0.2) is 6.54 Å². The number of nitrogens with two attached hydrogens (primary N) is 1.